The normalized spacial score (nSPS) is 11.7. The molecule has 3 aromatic heterocycles. The maximum atomic E-state index is 6.68. The van der Waals surface area contributed by atoms with Crippen LogP contribution in [0.15, 0.2) is 101 Å². The molecule has 52 heavy (non-hydrogen) atoms. The van der Waals surface area contributed by atoms with E-state index in [9.17, 15) is 0 Å². The summed E-state index contributed by atoms with van der Waals surface area (Å²) in [6.07, 6.45) is 0. The van der Waals surface area contributed by atoms with Crippen LogP contribution in [0, 0.1) is 0 Å². The molecule has 0 saturated carbocycles. The Morgan fingerprint density at radius 3 is 1.48 bits per heavy atom. The van der Waals surface area contributed by atoms with Crippen molar-refractivity contribution in [3.63, 3.8) is 0 Å². The lowest BCUT2D eigenvalue weighted by Crippen LogP contribution is -2.49. The van der Waals surface area contributed by atoms with Crippen LogP contribution >= 0.6 is 0 Å². The molecular weight excluding hydrogens is 627 g/mol. The van der Waals surface area contributed by atoms with Crippen molar-refractivity contribution in [1.29, 1.82) is 0 Å². The van der Waals surface area contributed by atoms with E-state index in [0.717, 1.165) is 21.9 Å². The van der Waals surface area contributed by atoms with Crippen molar-refractivity contribution in [3.8, 4) is 39.9 Å². The zero-order valence-electron chi connectivity index (χ0n) is 27.6. The summed E-state index contributed by atoms with van der Waals surface area (Å²) < 4.78 is 8.39. The van der Waals surface area contributed by atoms with Gasteiger partial charge in [0.25, 0.3) is 0 Å². The average Bonchev–Trinajstić information content (AvgIpc) is 3.75. The SMILES string of the molecule is [B]c1c([B])c([B])c2c(c1[B])c1c([B])c([B])c([B])c([B])c1n2-c1ccc2oc3c(-c4nc(-c5ccccc5)nc(-c5ccccc5)n4)cccc3c2c1. The zero-order chi connectivity index (χ0) is 36.0. The summed E-state index contributed by atoms with van der Waals surface area (Å²) in [4.78, 5) is 14.7. The van der Waals surface area contributed by atoms with Crippen LogP contribution in [0.2, 0.25) is 0 Å². The third-order valence-electron chi connectivity index (χ3n) is 9.64. The van der Waals surface area contributed by atoms with Gasteiger partial charge in [-0.25, -0.2) is 15.0 Å². The summed E-state index contributed by atoms with van der Waals surface area (Å²) >= 11 is 0. The minimum atomic E-state index is 0.130. The maximum absolute atomic E-state index is 6.68. The highest BCUT2D eigenvalue weighted by Gasteiger charge is 2.24. The van der Waals surface area contributed by atoms with Gasteiger partial charge in [-0.1, -0.05) is 94.6 Å². The molecule has 0 saturated heterocycles. The monoisotopic (exact) mass is 644 g/mol. The van der Waals surface area contributed by atoms with Crippen molar-refractivity contribution in [2.24, 2.45) is 0 Å². The molecule has 0 amide bonds. The number of para-hydroxylation sites is 1. The van der Waals surface area contributed by atoms with Crippen LogP contribution < -0.4 is 43.7 Å². The van der Waals surface area contributed by atoms with Gasteiger partial charge in [-0.05, 0) is 35.0 Å². The van der Waals surface area contributed by atoms with Crippen molar-refractivity contribution < 1.29 is 4.42 Å². The van der Waals surface area contributed by atoms with Crippen LogP contribution in [0.5, 0.6) is 0 Å². The molecular formula is C39H16B8N4O. The van der Waals surface area contributed by atoms with Crippen LogP contribution in [0.1, 0.15) is 0 Å². The minimum Gasteiger partial charge on any atom is -0.455 e. The first kappa shape index (κ1) is 32.4. The summed E-state index contributed by atoms with van der Waals surface area (Å²) in [5, 5.41) is 2.56. The smallest absolute Gasteiger partial charge is 0.167 e. The molecule has 0 N–H and O–H groups in total. The average molecular weight is 643 g/mol. The van der Waals surface area contributed by atoms with Crippen LogP contribution in [-0.2, 0) is 0 Å². The lowest BCUT2D eigenvalue weighted by Gasteiger charge is -2.17. The molecule has 9 rings (SSSR count). The van der Waals surface area contributed by atoms with E-state index in [1.165, 1.54) is 0 Å². The molecule has 16 radical (unpaired) electrons. The number of hydrogen-bond acceptors (Lipinski definition) is 4. The molecule has 6 aromatic carbocycles. The van der Waals surface area contributed by atoms with E-state index < -0.39 is 0 Å². The van der Waals surface area contributed by atoms with Crippen LogP contribution in [0.4, 0.5) is 0 Å². The third-order valence-corrected chi connectivity index (χ3v) is 9.64. The first-order valence-electron chi connectivity index (χ1n) is 16.3. The molecule has 9 aromatic rings. The van der Waals surface area contributed by atoms with Gasteiger partial charge in [-0.2, -0.15) is 0 Å². The third kappa shape index (κ3) is 4.71. The molecule has 3 heterocycles. The highest BCUT2D eigenvalue weighted by molar-refractivity contribution is 6.71. The number of rotatable bonds is 4. The highest BCUT2D eigenvalue weighted by Crippen LogP contribution is 2.37. The standard InChI is InChI=1S/C39H16B8N4O/c40-26-24-25-27(41)29(43)31(45)33(47)35(25)51(34(24)32(46)30(44)28(26)42)19-14-15-23-22(16-19)20-12-7-13-21(36(20)52-23)39-49-37(17-8-3-1-4-9-17)48-38(50-39)18-10-5-2-6-11-18/h1-16H. The van der Waals surface area contributed by atoms with E-state index in [-0.39, 0.29) is 43.7 Å². The predicted molar refractivity (Wildman–Crippen MR) is 221 cm³/mol. The maximum Gasteiger partial charge on any atom is 0.167 e. The van der Waals surface area contributed by atoms with Crippen molar-refractivity contribution >= 4 is 150 Å². The van der Waals surface area contributed by atoms with Crippen molar-refractivity contribution in [2.45, 2.75) is 0 Å². The molecule has 0 aliphatic carbocycles. The Balaban J connectivity index is 1.31. The number of fused-ring (bicyclic) bond motifs is 6. The van der Waals surface area contributed by atoms with Gasteiger partial charge in [0.1, 0.15) is 73.9 Å². The summed E-state index contributed by atoms with van der Waals surface area (Å²) in [6, 6.07) is 31.1. The Hall–Kier alpha value is -5.55. The van der Waals surface area contributed by atoms with Gasteiger partial charge in [0.2, 0.25) is 0 Å². The van der Waals surface area contributed by atoms with E-state index in [4.69, 9.17) is 82.1 Å². The molecule has 0 unspecified atom stereocenters. The minimum absolute atomic E-state index is 0.130. The van der Waals surface area contributed by atoms with E-state index in [0.29, 0.717) is 61.7 Å². The van der Waals surface area contributed by atoms with E-state index in [1.54, 1.807) is 0 Å². The number of hydrogen-bond donors (Lipinski definition) is 0. The van der Waals surface area contributed by atoms with Crippen LogP contribution in [-0.4, -0.2) is 82.3 Å². The van der Waals surface area contributed by atoms with Crippen molar-refractivity contribution in [2.75, 3.05) is 0 Å². The Labute approximate surface area is 309 Å². The van der Waals surface area contributed by atoms with Gasteiger partial charge < -0.3 is 8.98 Å². The Kier molecular flexibility index (Phi) is 7.48. The fourth-order valence-electron chi connectivity index (χ4n) is 7.00. The second kappa shape index (κ2) is 12.0. The molecule has 13 heteroatoms. The van der Waals surface area contributed by atoms with Crippen LogP contribution in [0.3, 0.4) is 0 Å². The van der Waals surface area contributed by atoms with E-state index in [1.807, 2.05) is 102 Å². The first-order chi connectivity index (χ1) is 25.1. The Bertz CT molecular complexity index is 2810. The number of nitrogens with zero attached hydrogens (tertiary/aromatic N) is 4. The predicted octanol–water partition coefficient (Wildman–Crippen LogP) is 0.220. The molecule has 0 aliphatic rings. The van der Waals surface area contributed by atoms with Gasteiger partial charge >= 0.3 is 0 Å². The molecule has 0 atom stereocenters. The van der Waals surface area contributed by atoms with Gasteiger partial charge in [-0.15, -0.1) is 21.9 Å². The molecule has 5 nitrogen and oxygen atoms in total. The molecule has 0 bridgehead atoms. The zero-order valence-corrected chi connectivity index (χ0v) is 27.6. The highest BCUT2D eigenvalue weighted by atomic mass is 16.3. The van der Waals surface area contributed by atoms with Crippen molar-refractivity contribution in [3.05, 3.63) is 97.1 Å². The van der Waals surface area contributed by atoms with Gasteiger partial charge in [-0.3, -0.25) is 0 Å². The number of furan rings is 1. The fourth-order valence-corrected chi connectivity index (χ4v) is 7.00. The van der Waals surface area contributed by atoms with Gasteiger partial charge in [0, 0.05) is 38.6 Å². The first-order valence-corrected chi connectivity index (χ1v) is 16.3. The summed E-state index contributed by atoms with van der Waals surface area (Å²) in [7, 11) is 52.0. The Morgan fingerprint density at radius 2 is 0.942 bits per heavy atom. The quantitative estimate of drug-likeness (QED) is 0.258. The van der Waals surface area contributed by atoms with E-state index in [2.05, 4.69) is 0 Å². The number of aromatic nitrogens is 4. The number of benzene rings is 6. The van der Waals surface area contributed by atoms with Gasteiger partial charge in [0.15, 0.2) is 17.5 Å². The lowest BCUT2D eigenvalue weighted by molar-refractivity contribution is 0.669. The molecule has 0 spiro atoms. The summed E-state index contributed by atoms with van der Waals surface area (Å²) in [5.41, 5.74) is 6.54. The molecule has 222 valence electrons. The largest absolute Gasteiger partial charge is 0.455 e. The second-order valence-electron chi connectivity index (χ2n) is 12.6. The lowest BCUT2D eigenvalue weighted by atomic mass is 9.63. The second-order valence-corrected chi connectivity index (χ2v) is 12.6. The molecule has 0 aliphatic heterocycles. The van der Waals surface area contributed by atoms with Crippen molar-refractivity contribution in [1.82, 2.24) is 19.5 Å². The fraction of sp³-hybridized carbons (Fsp3) is 0. The van der Waals surface area contributed by atoms with Gasteiger partial charge in [0.05, 0.1) is 5.56 Å². The Morgan fingerprint density at radius 1 is 0.442 bits per heavy atom. The van der Waals surface area contributed by atoms with E-state index >= 15 is 0 Å². The summed E-state index contributed by atoms with van der Waals surface area (Å²) in [6.45, 7) is 0. The summed E-state index contributed by atoms with van der Waals surface area (Å²) in [5.74, 6) is 1.55. The molecule has 0 fully saturated rings. The topological polar surface area (TPSA) is 56.7 Å². The van der Waals surface area contributed by atoms with Crippen LogP contribution in [0.25, 0.3) is 83.6 Å².